The van der Waals surface area contributed by atoms with Gasteiger partial charge in [0.2, 0.25) is 0 Å². The Labute approximate surface area is 114 Å². The number of allylic oxidation sites excluding steroid dienone is 1. The molecule has 0 bridgehead atoms. The molecule has 0 heterocycles. The molecule has 104 valence electrons. The Hall–Kier alpha value is -2.21. The van der Waals surface area contributed by atoms with Crippen molar-refractivity contribution in [2.24, 2.45) is 0 Å². The van der Waals surface area contributed by atoms with Crippen LogP contribution in [0.15, 0.2) is 11.3 Å². The van der Waals surface area contributed by atoms with E-state index in [9.17, 15) is 4.79 Å². The molecule has 0 aromatic carbocycles. The average molecular weight is 264 g/mol. The molecule has 0 aromatic heterocycles. The number of nitriles is 2. The van der Waals surface area contributed by atoms with Crippen molar-refractivity contribution in [3.05, 3.63) is 11.3 Å². The van der Waals surface area contributed by atoms with Gasteiger partial charge in [-0.25, -0.2) is 4.79 Å². The van der Waals surface area contributed by atoms with Crippen LogP contribution in [0, 0.1) is 22.7 Å². The summed E-state index contributed by atoms with van der Waals surface area (Å²) in [4.78, 5) is 13.1. The molecule has 19 heavy (non-hydrogen) atoms. The van der Waals surface area contributed by atoms with Crippen LogP contribution < -0.4 is 5.32 Å². The van der Waals surface area contributed by atoms with Gasteiger partial charge in [0.1, 0.15) is 23.3 Å². The number of hydrogen-bond donors (Lipinski definition) is 1. The second kappa shape index (κ2) is 7.27. The van der Waals surface area contributed by atoms with Crippen LogP contribution in [-0.2, 0) is 4.74 Å². The number of amides is 1. The number of hydrogen-bond acceptors (Lipinski definition) is 5. The van der Waals surface area contributed by atoms with Crippen LogP contribution in [-0.4, -0.2) is 37.2 Å². The van der Waals surface area contributed by atoms with E-state index >= 15 is 0 Å². The maximum Gasteiger partial charge on any atom is 0.410 e. The minimum atomic E-state index is -0.544. The molecule has 0 aliphatic heterocycles. The van der Waals surface area contributed by atoms with Crippen molar-refractivity contribution in [2.75, 3.05) is 20.6 Å². The van der Waals surface area contributed by atoms with Crippen molar-refractivity contribution in [3.8, 4) is 12.1 Å². The highest BCUT2D eigenvalue weighted by Gasteiger charge is 2.19. The van der Waals surface area contributed by atoms with Crippen LogP contribution in [0.25, 0.3) is 0 Å². The first kappa shape index (κ1) is 16.8. The van der Waals surface area contributed by atoms with Crippen molar-refractivity contribution in [3.63, 3.8) is 0 Å². The second-order valence-electron chi connectivity index (χ2n) is 4.98. The molecule has 0 spiro atoms. The summed E-state index contributed by atoms with van der Waals surface area (Å²) < 4.78 is 5.20. The first-order valence-electron chi connectivity index (χ1n) is 5.90. The molecule has 0 aromatic rings. The number of ether oxygens (including phenoxy) is 1. The lowest BCUT2D eigenvalue weighted by Crippen LogP contribution is -2.35. The fourth-order valence-electron chi connectivity index (χ4n) is 1.25. The Bertz CT molecular complexity index is 419. The van der Waals surface area contributed by atoms with Gasteiger partial charge >= 0.3 is 6.09 Å². The summed E-state index contributed by atoms with van der Waals surface area (Å²) in [7, 11) is 3.25. The predicted octanol–water partition coefficient (Wildman–Crippen LogP) is 1.76. The van der Waals surface area contributed by atoms with Gasteiger partial charge in [-0.2, -0.15) is 10.5 Å². The largest absolute Gasteiger partial charge is 0.444 e. The van der Waals surface area contributed by atoms with Crippen molar-refractivity contribution in [1.82, 2.24) is 10.2 Å². The van der Waals surface area contributed by atoms with Crippen LogP contribution in [0.4, 0.5) is 4.79 Å². The number of rotatable bonds is 4. The normalized spacial score (nSPS) is 9.84. The van der Waals surface area contributed by atoms with Gasteiger partial charge in [0, 0.05) is 32.8 Å². The highest BCUT2D eigenvalue weighted by Crippen LogP contribution is 2.10. The zero-order valence-corrected chi connectivity index (χ0v) is 12.1. The molecule has 0 atom stereocenters. The number of nitrogens with zero attached hydrogens (tertiary/aromatic N) is 3. The molecule has 0 fully saturated rings. The lowest BCUT2D eigenvalue weighted by Gasteiger charge is -2.24. The summed E-state index contributed by atoms with van der Waals surface area (Å²) in [5, 5.41) is 20.4. The van der Waals surface area contributed by atoms with Crippen molar-refractivity contribution in [2.45, 2.75) is 32.8 Å². The van der Waals surface area contributed by atoms with Crippen LogP contribution in [0.1, 0.15) is 27.2 Å². The second-order valence-corrected chi connectivity index (χ2v) is 4.98. The van der Waals surface area contributed by atoms with Gasteiger partial charge < -0.3 is 15.0 Å². The highest BCUT2D eigenvalue weighted by atomic mass is 16.6. The zero-order valence-electron chi connectivity index (χ0n) is 12.1. The summed E-state index contributed by atoms with van der Waals surface area (Å²) in [6, 6.07) is 3.63. The number of carbonyl (C=O) groups is 1. The first-order valence-corrected chi connectivity index (χ1v) is 5.90. The van der Waals surface area contributed by atoms with E-state index in [0.717, 1.165) is 0 Å². The molecule has 0 saturated heterocycles. The summed E-state index contributed by atoms with van der Waals surface area (Å²) in [5.74, 6) is 0. The third-order valence-electron chi connectivity index (χ3n) is 2.23. The molecule has 0 saturated carbocycles. The Morgan fingerprint density at radius 1 is 1.32 bits per heavy atom. The fraction of sp³-hybridized carbons (Fsp3) is 0.615. The third-order valence-corrected chi connectivity index (χ3v) is 2.23. The molecule has 1 N–H and O–H groups in total. The molecular weight excluding hydrogens is 244 g/mol. The maximum atomic E-state index is 11.7. The summed E-state index contributed by atoms with van der Waals surface area (Å²) >= 11 is 0. The Morgan fingerprint density at radius 2 is 1.84 bits per heavy atom. The van der Waals surface area contributed by atoms with Gasteiger partial charge in [0.05, 0.1) is 0 Å². The molecular formula is C13H20N4O2. The average Bonchev–Trinajstić information content (AvgIpc) is 2.31. The minimum Gasteiger partial charge on any atom is -0.444 e. The SMILES string of the molecule is CNC(CCN(C)C(=O)OC(C)(C)C)=C(C#N)C#N. The molecule has 0 aliphatic carbocycles. The lowest BCUT2D eigenvalue weighted by molar-refractivity contribution is 0.0300. The van der Waals surface area contributed by atoms with E-state index in [1.165, 1.54) is 4.90 Å². The highest BCUT2D eigenvalue weighted by molar-refractivity contribution is 5.67. The fourth-order valence-corrected chi connectivity index (χ4v) is 1.25. The van der Waals surface area contributed by atoms with Crippen LogP contribution >= 0.6 is 0 Å². The van der Waals surface area contributed by atoms with Gasteiger partial charge in [-0.3, -0.25) is 0 Å². The van der Waals surface area contributed by atoms with Crippen molar-refractivity contribution in [1.29, 1.82) is 10.5 Å². The van der Waals surface area contributed by atoms with Gasteiger partial charge in [0.15, 0.2) is 0 Å². The van der Waals surface area contributed by atoms with Crippen LogP contribution in [0.5, 0.6) is 0 Å². The Kier molecular flexibility index (Phi) is 6.43. The minimum absolute atomic E-state index is 0.0279. The van der Waals surface area contributed by atoms with E-state index in [1.807, 2.05) is 12.1 Å². The molecule has 1 amide bonds. The monoisotopic (exact) mass is 264 g/mol. The molecule has 0 rings (SSSR count). The molecule has 0 unspecified atom stereocenters. The van der Waals surface area contributed by atoms with Crippen molar-refractivity contribution < 1.29 is 9.53 Å². The number of carbonyl (C=O) groups excluding carboxylic acids is 1. The van der Waals surface area contributed by atoms with E-state index in [0.29, 0.717) is 18.7 Å². The van der Waals surface area contributed by atoms with E-state index < -0.39 is 11.7 Å². The van der Waals surface area contributed by atoms with Gasteiger partial charge in [0.25, 0.3) is 0 Å². The lowest BCUT2D eigenvalue weighted by atomic mass is 10.2. The van der Waals surface area contributed by atoms with Crippen molar-refractivity contribution >= 4 is 6.09 Å². The summed E-state index contributed by atoms with van der Waals surface area (Å²) in [6.07, 6.45) is -0.0405. The Morgan fingerprint density at radius 3 is 2.21 bits per heavy atom. The smallest absolute Gasteiger partial charge is 0.410 e. The predicted molar refractivity (Wildman–Crippen MR) is 70.8 cm³/mol. The molecule has 6 nitrogen and oxygen atoms in total. The van der Waals surface area contributed by atoms with E-state index in [1.54, 1.807) is 34.9 Å². The standard InChI is InChI=1S/C13H20N4O2/c1-13(2,3)19-12(18)17(5)7-6-11(16-4)10(8-14)9-15/h16H,6-7H2,1-5H3. The number of nitrogens with one attached hydrogen (secondary N) is 1. The van der Waals surface area contributed by atoms with Gasteiger partial charge in [-0.15, -0.1) is 0 Å². The Balaban J connectivity index is 4.57. The van der Waals surface area contributed by atoms with E-state index in [4.69, 9.17) is 15.3 Å². The quantitative estimate of drug-likeness (QED) is 0.781. The van der Waals surface area contributed by atoms with E-state index in [-0.39, 0.29) is 5.57 Å². The summed E-state index contributed by atoms with van der Waals surface area (Å²) in [6.45, 7) is 5.74. The zero-order chi connectivity index (χ0) is 15.1. The maximum absolute atomic E-state index is 11.7. The molecule has 6 heteroatoms. The molecule has 0 aliphatic rings. The molecule has 0 radical (unpaired) electrons. The van der Waals surface area contributed by atoms with Crippen LogP contribution in [0.3, 0.4) is 0 Å². The topological polar surface area (TPSA) is 89.2 Å². The first-order chi connectivity index (χ1) is 8.75. The summed E-state index contributed by atoms with van der Waals surface area (Å²) in [5.41, 5.74) is -0.00203. The van der Waals surface area contributed by atoms with Crippen LogP contribution in [0.2, 0.25) is 0 Å². The third kappa shape index (κ3) is 6.32. The van der Waals surface area contributed by atoms with Gasteiger partial charge in [-0.05, 0) is 20.8 Å². The van der Waals surface area contributed by atoms with E-state index in [2.05, 4.69) is 5.32 Å². The van der Waals surface area contributed by atoms with Gasteiger partial charge in [-0.1, -0.05) is 0 Å².